The van der Waals surface area contributed by atoms with Crippen molar-refractivity contribution in [2.45, 2.75) is 26.3 Å². The maximum atomic E-state index is 9.41. The standard InChI is InChI=1S/C17H24N4OS/c1-2-20(11-15-6-4-8-23-15)16-9-17(19-13-18-16)21-7-3-5-14(10-21)12-22/h4,6,8-9,13-14,22H,2-3,5,7,10-12H2,1H3. The van der Waals surface area contributed by atoms with E-state index in [-0.39, 0.29) is 6.61 Å². The minimum atomic E-state index is 0.258. The van der Waals surface area contributed by atoms with Gasteiger partial charge in [0.1, 0.15) is 18.0 Å². The molecule has 124 valence electrons. The molecule has 3 rings (SSSR count). The van der Waals surface area contributed by atoms with Crippen LogP contribution in [-0.4, -0.2) is 41.3 Å². The largest absolute Gasteiger partial charge is 0.396 e. The molecule has 1 atom stereocenters. The van der Waals surface area contributed by atoms with E-state index in [1.807, 2.05) is 0 Å². The van der Waals surface area contributed by atoms with Gasteiger partial charge < -0.3 is 14.9 Å². The van der Waals surface area contributed by atoms with Crippen molar-refractivity contribution in [1.82, 2.24) is 9.97 Å². The molecule has 3 heterocycles. The number of thiophene rings is 1. The van der Waals surface area contributed by atoms with Gasteiger partial charge in [-0.25, -0.2) is 9.97 Å². The van der Waals surface area contributed by atoms with Crippen LogP contribution in [0.4, 0.5) is 11.6 Å². The first-order valence-electron chi connectivity index (χ1n) is 8.25. The molecule has 2 aromatic rings. The Balaban J connectivity index is 1.75. The Labute approximate surface area is 141 Å². The number of piperidine rings is 1. The van der Waals surface area contributed by atoms with Gasteiger partial charge in [0.15, 0.2) is 0 Å². The zero-order valence-corrected chi connectivity index (χ0v) is 14.4. The van der Waals surface area contributed by atoms with Crippen LogP contribution in [0.25, 0.3) is 0 Å². The molecule has 2 aromatic heterocycles. The summed E-state index contributed by atoms with van der Waals surface area (Å²) in [5.74, 6) is 2.30. The summed E-state index contributed by atoms with van der Waals surface area (Å²) in [6, 6.07) is 6.32. The van der Waals surface area contributed by atoms with Crippen LogP contribution in [0, 0.1) is 5.92 Å². The highest BCUT2D eigenvalue weighted by Crippen LogP contribution is 2.24. The number of nitrogens with zero attached hydrogens (tertiary/aromatic N) is 4. The molecule has 1 aliphatic rings. The fourth-order valence-electron chi connectivity index (χ4n) is 3.05. The van der Waals surface area contributed by atoms with Gasteiger partial charge >= 0.3 is 0 Å². The van der Waals surface area contributed by atoms with E-state index < -0.39 is 0 Å². The summed E-state index contributed by atoms with van der Waals surface area (Å²) in [6.07, 6.45) is 3.87. The van der Waals surface area contributed by atoms with Crippen molar-refractivity contribution in [1.29, 1.82) is 0 Å². The molecule has 0 radical (unpaired) electrons. The second-order valence-corrected chi connectivity index (χ2v) is 7.00. The minimum Gasteiger partial charge on any atom is -0.396 e. The van der Waals surface area contributed by atoms with Crippen molar-refractivity contribution in [3.63, 3.8) is 0 Å². The summed E-state index contributed by atoms with van der Waals surface area (Å²) in [4.78, 5) is 14.8. The first-order chi connectivity index (χ1) is 11.3. The first kappa shape index (κ1) is 16.2. The highest BCUT2D eigenvalue weighted by atomic mass is 32.1. The molecule has 0 aromatic carbocycles. The third-order valence-electron chi connectivity index (χ3n) is 4.37. The summed E-state index contributed by atoms with van der Waals surface area (Å²) in [6.45, 7) is 6.08. The predicted molar refractivity (Wildman–Crippen MR) is 95.1 cm³/mol. The van der Waals surface area contributed by atoms with Crippen LogP contribution in [0.2, 0.25) is 0 Å². The summed E-state index contributed by atoms with van der Waals surface area (Å²) in [7, 11) is 0. The zero-order chi connectivity index (χ0) is 16.1. The lowest BCUT2D eigenvalue weighted by Gasteiger charge is -2.33. The van der Waals surface area contributed by atoms with E-state index in [4.69, 9.17) is 0 Å². The molecule has 0 saturated carbocycles. The molecule has 5 nitrogen and oxygen atoms in total. The molecule has 23 heavy (non-hydrogen) atoms. The number of hydrogen-bond donors (Lipinski definition) is 1. The number of aromatic nitrogens is 2. The predicted octanol–water partition coefficient (Wildman–Crippen LogP) is 2.77. The van der Waals surface area contributed by atoms with Crippen LogP contribution in [-0.2, 0) is 6.54 Å². The molecule has 6 heteroatoms. The van der Waals surface area contributed by atoms with E-state index in [1.165, 1.54) is 4.88 Å². The lowest BCUT2D eigenvalue weighted by Crippen LogP contribution is -2.37. The van der Waals surface area contributed by atoms with Gasteiger partial charge in [0.25, 0.3) is 0 Å². The van der Waals surface area contributed by atoms with E-state index in [2.05, 4.69) is 50.3 Å². The first-order valence-corrected chi connectivity index (χ1v) is 9.13. The third-order valence-corrected chi connectivity index (χ3v) is 5.23. The summed E-state index contributed by atoms with van der Waals surface area (Å²) < 4.78 is 0. The summed E-state index contributed by atoms with van der Waals surface area (Å²) >= 11 is 1.77. The van der Waals surface area contributed by atoms with Gasteiger partial charge in [0, 0.05) is 37.2 Å². The SMILES string of the molecule is CCN(Cc1cccs1)c1cc(N2CCCC(CO)C2)ncn1. The summed E-state index contributed by atoms with van der Waals surface area (Å²) in [5.41, 5.74) is 0. The van der Waals surface area contributed by atoms with Crippen LogP contribution >= 0.6 is 11.3 Å². The van der Waals surface area contributed by atoms with Gasteiger partial charge in [-0.2, -0.15) is 0 Å². The molecule has 1 aliphatic heterocycles. The van der Waals surface area contributed by atoms with Gasteiger partial charge in [0.2, 0.25) is 0 Å². The van der Waals surface area contributed by atoms with Crippen LogP contribution in [0.15, 0.2) is 29.9 Å². The smallest absolute Gasteiger partial charge is 0.134 e. The second-order valence-electron chi connectivity index (χ2n) is 5.96. The van der Waals surface area contributed by atoms with Crippen LogP contribution in [0.3, 0.4) is 0 Å². The Kier molecular flexibility index (Phi) is 5.46. The number of anilines is 2. The lowest BCUT2D eigenvalue weighted by atomic mass is 9.99. The zero-order valence-electron chi connectivity index (χ0n) is 13.6. The van der Waals surface area contributed by atoms with Gasteiger partial charge in [-0.05, 0) is 37.1 Å². The average molecular weight is 332 g/mol. The molecule has 1 unspecified atom stereocenters. The highest BCUT2D eigenvalue weighted by molar-refractivity contribution is 7.09. The molecule has 0 bridgehead atoms. The molecule has 0 aliphatic carbocycles. The van der Waals surface area contributed by atoms with E-state index in [0.717, 1.165) is 50.7 Å². The molecular weight excluding hydrogens is 308 g/mol. The Morgan fingerprint density at radius 1 is 1.43 bits per heavy atom. The molecule has 1 saturated heterocycles. The molecule has 0 spiro atoms. The lowest BCUT2D eigenvalue weighted by molar-refractivity contribution is 0.208. The van der Waals surface area contributed by atoms with Crippen molar-refractivity contribution in [3.8, 4) is 0 Å². The van der Waals surface area contributed by atoms with Gasteiger partial charge in [0.05, 0.1) is 6.54 Å². The van der Waals surface area contributed by atoms with E-state index in [0.29, 0.717) is 5.92 Å². The van der Waals surface area contributed by atoms with Crippen molar-refractivity contribution >= 4 is 23.0 Å². The maximum absolute atomic E-state index is 9.41. The quantitative estimate of drug-likeness (QED) is 0.881. The maximum Gasteiger partial charge on any atom is 0.134 e. The number of hydrogen-bond acceptors (Lipinski definition) is 6. The normalized spacial score (nSPS) is 18.2. The molecule has 0 amide bonds. The van der Waals surface area contributed by atoms with Crippen LogP contribution in [0.1, 0.15) is 24.6 Å². The second kappa shape index (κ2) is 7.75. The van der Waals surface area contributed by atoms with Crippen LogP contribution in [0.5, 0.6) is 0 Å². The van der Waals surface area contributed by atoms with Crippen molar-refractivity contribution in [2.24, 2.45) is 5.92 Å². The molecule has 1 N–H and O–H groups in total. The Bertz CT molecular complexity index is 604. The summed E-state index contributed by atoms with van der Waals surface area (Å²) in [5, 5.41) is 11.5. The Morgan fingerprint density at radius 3 is 3.09 bits per heavy atom. The van der Waals surface area contributed by atoms with Crippen molar-refractivity contribution in [3.05, 3.63) is 34.8 Å². The number of aliphatic hydroxyl groups excluding tert-OH is 1. The fourth-order valence-corrected chi connectivity index (χ4v) is 3.77. The third kappa shape index (κ3) is 4.00. The van der Waals surface area contributed by atoms with Crippen molar-refractivity contribution in [2.75, 3.05) is 36.0 Å². The van der Waals surface area contributed by atoms with Gasteiger partial charge in [-0.1, -0.05) is 6.07 Å². The number of aliphatic hydroxyl groups is 1. The molecular formula is C17H24N4OS. The van der Waals surface area contributed by atoms with Crippen molar-refractivity contribution < 1.29 is 5.11 Å². The topological polar surface area (TPSA) is 52.5 Å². The monoisotopic (exact) mass is 332 g/mol. The fraction of sp³-hybridized carbons (Fsp3) is 0.529. The minimum absolute atomic E-state index is 0.258. The Hall–Kier alpha value is -1.66. The molecule has 1 fully saturated rings. The van der Waals surface area contributed by atoms with E-state index in [1.54, 1.807) is 17.7 Å². The van der Waals surface area contributed by atoms with Gasteiger partial charge in [-0.15, -0.1) is 11.3 Å². The van der Waals surface area contributed by atoms with Gasteiger partial charge in [-0.3, -0.25) is 0 Å². The van der Waals surface area contributed by atoms with E-state index in [9.17, 15) is 5.11 Å². The van der Waals surface area contributed by atoms with E-state index >= 15 is 0 Å². The average Bonchev–Trinajstić information content (AvgIpc) is 3.13. The Morgan fingerprint density at radius 2 is 2.35 bits per heavy atom. The highest BCUT2D eigenvalue weighted by Gasteiger charge is 2.21. The van der Waals surface area contributed by atoms with Crippen LogP contribution < -0.4 is 9.80 Å². The number of rotatable bonds is 6.